The van der Waals surface area contributed by atoms with Crippen LogP contribution in [0.1, 0.15) is 40.5 Å². The quantitative estimate of drug-likeness (QED) is 0.235. The van der Waals surface area contributed by atoms with E-state index in [2.05, 4.69) is 6.92 Å². The van der Waals surface area contributed by atoms with Crippen molar-refractivity contribution in [3.05, 3.63) is 11.6 Å². The minimum Gasteiger partial charge on any atom is -0.393 e. The van der Waals surface area contributed by atoms with Gasteiger partial charge >= 0.3 is 0 Å². The third-order valence-electron chi connectivity index (χ3n) is 9.80. The minimum atomic E-state index is -1.87. The van der Waals surface area contributed by atoms with Crippen molar-refractivity contribution in [3.8, 4) is 0 Å². The lowest BCUT2D eigenvalue weighted by molar-refractivity contribution is -0.342. The van der Waals surface area contributed by atoms with E-state index in [4.69, 9.17) is 18.9 Å². The molecular formula is C26H40O11. The first kappa shape index (κ1) is 27.6. The van der Waals surface area contributed by atoms with Crippen LogP contribution in [0.4, 0.5) is 0 Å². The van der Waals surface area contributed by atoms with E-state index in [9.17, 15) is 35.4 Å². The van der Waals surface area contributed by atoms with Gasteiger partial charge in [-0.2, -0.15) is 0 Å². The number of rotatable bonds is 7. The highest BCUT2D eigenvalue weighted by molar-refractivity contribution is 5.96. The van der Waals surface area contributed by atoms with E-state index in [0.717, 1.165) is 18.4 Å². The molecule has 11 heteroatoms. The fourth-order valence-electron chi connectivity index (χ4n) is 7.80. The van der Waals surface area contributed by atoms with E-state index in [1.165, 1.54) is 0 Å². The molecule has 0 aromatic rings. The molecule has 0 spiro atoms. The van der Waals surface area contributed by atoms with E-state index < -0.39 is 60.9 Å². The largest absolute Gasteiger partial charge is 0.393 e. The highest BCUT2D eigenvalue weighted by Gasteiger charge is 2.70. The predicted molar refractivity (Wildman–Crippen MR) is 126 cm³/mol. The van der Waals surface area contributed by atoms with Crippen molar-refractivity contribution in [3.63, 3.8) is 0 Å². The lowest BCUT2D eigenvalue weighted by Gasteiger charge is -2.70. The maximum Gasteiger partial charge on any atom is 0.187 e. The molecule has 11 nitrogen and oxygen atoms in total. The fraction of sp³-hybridized carbons (Fsp3) is 0.885. The molecule has 210 valence electrons. The number of ketones is 1. The van der Waals surface area contributed by atoms with E-state index in [0.29, 0.717) is 5.92 Å². The second-order valence-corrected chi connectivity index (χ2v) is 12.4. The number of hydrogen-bond donors (Lipinski definition) is 6. The van der Waals surface area contributed by atoms with Gasteiger partial charge in [-0.1, -0.05) is 12.5 Å². The molecule has 5 fully saturated rings. The lowest BCUT2D eigenvalue weighted by atomic mass is 9.34. The number of fused-ring (bicyclic) bond motifs is 3. The molecule has 13 atom stereocenters. The van der Waals surface area contributed by atoms with Crippen LogP contribution < -0.4 is 0 Å². The van der Waals surface area contributed by atoms with Gasteiger partial charge in [0.1, 0.15) is 36.1 Å². The van der Waals surface area contributed by atoms with Gasteiger partial charge in [-0.3, -0.25) is 4.79 Å². The maximum atomic E-state index is 12.8. The molecular weight excluding hydrogens is 488 g/mol. The average Bonchev–Trinajstić information content (AvgIpc) is 3.12. The third-order valence-corrected chi connectivity index (χ3v) is 9.80. The molecule has 6 N–H and O–H groups in total. The van der Waals surface area contributed by atoms with Crippen molar-refractivity contribution in [2.45, 2.75) is 94.8 Å². The molecule has 2 aliphatic heterocycles. The Hall–Kier alpha value is -0.990. The van der Waals surface area contributed by atoms with Crippen LogP contribution in [0.2, 0.25) is 0 Å². The van der Waals surface area contributed by atoms with Crippen LogP contribution in [-0.2, 0) is 23.7 Å². The SMILES string of the molecule is CC1=CC(=O)[C@@H]2[C@H]3[C@H](C(C)(C)O[C@@H]4O[C@H](CO[C@@H]5OC[C@](O)(CO)[C@H]5O)[C@@H](O)[C@H](O)[C@H]4O)CCC2(C)[C@@H]13. The Kier molecular flexibility index (Phi) is 6.93. The van der Waals surface area contributed by atoms with Gasteiger partial charge in [-0.25, -0.2) is 0 Å². The minimum absolute atomic E-state index is 0.0182. The number of allylic oxidation sites excluding steroid dienone is 2. The molecule has 3 saturated carbocycles. The second-order valence-electron chi connectivity index (χ2n) is 12.4. The van der Waals surface area contributed by atoms with Gasteiger partial charge in [0.2, 0.25) is 0 Å². The summed E-state index contributed by atoms with van der Waals surface area (Å²) in [5, 5.41) is 61.3. The Labute approximate surface area is 216 Å². The van der Waals surface area contributed by atoms with Crippen molar-refractivity contribution in [1.29, 1.82) is 0 Å². The maximum absolute atomic E-state index is 12.8. The van der Waals surface area contributed by atoms with E-state index >= 15 is 0 Å². The normalized spacial score (nSPS) is 51.6. The van der Waals surface area contributed by atoms with Gasteiger partial charge in [0.15, 0.2) is 18.4 Å². The summed E-state index contributed by atoms with van der Waals surface area (Å²) in [5.74, 6) is 0.571. The average molecular weight is 529 g/mol. The van der Waals surface area contributed by atoms with Gasteiger partial charge in [0.25, 0.3) is 0 Å². The molecule has 7 aliphatic rings. The number of aliphatic hydroxyl groups excluding tert-OH is 5. The number of carbonyl (C=O) groups excluding carboxylic acids is 1. The van der Waals surface area contributed by atoms with Crippen molar-refractivity contribution >= 4 is 5.78 Å². The highest BCUT2D eigenvalue weighted by atomic mass is 16.7. The van der Waals surface area contributed by atoms with E-state index in [1.54, 1.807) is 6.08 Å². The zero-order valence-corrected chi connectivity index (χ0v) is 21.7. The first-order valence-corrected chi connectivity index (χ1v) is 13.1. The summed E-state index contributed by atoms with van der Waals surface area (Å²) < 4.78 is 22.9. The van der Waals surface area contributed by atoms with Crippen LogP contribution in [0.25, 0.3) is 0 Å². The smallest absolute Gasteiger partial charge is 0.187 e. The summed E-state index contributed by atoms with van der Waals surface area (Å²) in [7, 11) is 0. The zero-order chi connectivity index (χ0) is 27.1. The topological polar surface area (TPSA) is 175 Å². The number of ether oxygens (including phenoxy) is 4. The Morgan fingerprint density at radius 1 is 1.11 bits per heavy atom. The van der Waals surface area contributed by atoms with Gasteiger partial charge < -0.3 is 49.6 Å². The zero-order valence-electron chi connectivity index (χ0n) is 21.7. The summed E-state index contributed by atoms with van der Waals surface area (Å²) in [6, 6.07) is 0. The van der Waals surface area contributed by atoms with Gasteiger partial charge in [-0.15, -0.1) is 0 Å². The standard InChI is InChI=1S/C26H40O11/c1-11-7-13(28)17-15-12(5-6-25(17,4)16(11)15)24(2,3)37-22-20(31)19(30)18(29)14(36-22)8-34-23-21(32)26(33,9-27)10-35-23/h7,12,14-23,27,29-33H,5-6,8-10H2,1-4H3/t12-,14-,15+,16+,17-,18-,19+,20-,21+,22+,23-,25?,26-/m1/s1. The first-order chi connectivity index (χ1) is 17.2. The fourth-order valence-corrected chi connectivity index (χ4v) is 7.80. The van der Waals surface area contributed by atoms with Crippen molar-refractivity contribution in [1.82, 2.24) is 0 Å². The Balaban J connectivity index is 1.26. The summed E-state index contributed by atoms with van der Waals surface area (Å²) in [6.07, 6.45) is -6.35. The lowest BCUT2D eigenvalue weighted by Crippen LogP contribution is -2.69. The van der Waals surface area contributed by atoms with Gasteiger partial charge in [0, 0.05) is 5.92 Å². The molecule has 1 unspecified atom stereocenters. The molecule has 0 radical (unpaired) electrons. The molecule has 2 heterocycles. The molecule has 7 rings (SSSR count). The Bertz CT molecular complexity index is 937. The molecule has 0 aromatic carbocycles. The van der Waals surface area contributed by atoms with Crippen molar-refractivity contribution in [2.24, 2.45) is 29.1 Å². The van der Waals surface area contributed by atoms with Crippen LogP contribution in [0, 0.1) is 29.1 Å². The van der Waals surface area contributed by atoms with Crippen molar-refractivity contribution < 1.29 is 54.4 Å². The first-order valence-electron chi connectivity index (χ1n) is 13.1. The molecule has 4 bridgehead atoms. The monoisotopic (exact) mass is 528 g/mol. The van der Waals surface area contributed by atoms with E-state index in [-0.39, 0.29) is 42.2 Å². The molecule has 5 aliphatic carbocycles. The van der Waals surface area contributed by atoms with Crippen LogP contribution in [0.5, 0.6) is 0 Å². The van der Waals surface area contributed by atoms with Crippen LogP contribution in [0.3, 0.4) is 0 Å². The molecule has 37 heavy (non-hydrogen) atoms. The Morgan fingerprint density at radius 2 is 1.81 bits per heavy atom. The summed E-state index contributed by atoms with van der Waals surface area (Å²) in [6.45, 7) is 6.59. The van der Waals surface area contributed by atoms with Gasteiger partial charge in [-0.05, 0) is 62.9 Å². The molecule has 0 amide bonds. The van der Waals surface area contributed by atoms with Crippen LogP contribution in [-0.4, -0.2) is 111 Å². The molecule has 0 aromatic heterocycles. The van der Waals surface area contributed by atoms with Crippen LogP contribution in [0.15, 0.2) is 11.6 Å². The third kappa shape index (κ3) is 4.14. The summed E-state index contributed by atoms with van der Waals surface area (Å²) in [5.41, 5.74) is -1.60. The molecule has 2 saturated heterocycles. The van der Waals surface area contributed by atoms with E-state index in [1.807, 2.05) is 20.8 Å². The number of carbonyl (C=O) groups is 1. The predicted octanol–water partition coefficient (Wildman–Crippen LogP) is -1.15. The van der Waals surface area contributed by atoms with Crippen LogP contribution >= 0.6 is 0 Å². The van der Waals surface area contributed by atoms with Gasteiger partial charge in [0.05, 0.1) is 25.4 Å². The Morgan fingerprint density at radius 3 is 2.43 bits per heavy atom. The number of hydrogen-bond acceptors (Lipinski definition) is 11. The second kappa shape index (κ2) is 9.29. The highest BCUT2D eigenvalue weighted by Crippen LogP contribution is 2.71. The number of aliphatic hydroxyl groups is 6. The van der Waals surface area contributed by atoms with Crippen molar-refractivity contribution in [2.75, 3.05) is 19.8 Å². The summed E-state index contributed by atoms with van der Waals surface area (Å²) >= 11 is 0. The summed E-state index contributed by atoms with van der Waals surface area (Å²) in [4.78, 5) is 12.8.